The molecule has 0 aliphatic heterocycles. The number of methoxy groups -OCH3 is 1. The van der Waals surface area contributed by atoms with E-state index in [1.165, 1.54) is 37.6 Å². The molecule has 0 saturated heterocycles. The lowest BCUT2D eigenvalue weighted by Gasteiger charge is -2.08. The molecule has 3 rings (SSSR count). The van der Waals surface area contributed by atoms with Crippen molar-refractivity contribution in [1.82, 2.24) is 9.97 Å². The number of hydrogen-bond acceptors (Lipinski definition) is 6. The number of aromatic nitrogens is 2. The van der Waals surface area contributed by atoms with Crippen LogP contribution in [0.1, 0.15) is 20.8 Å². The summed E-state index contributed by atoms with van der Waals surface area (Å²) in [4.78, 5) is 31.7. The third-order valence-electron chi connectivity index (χ3n) is 3.63. The predicted octanol–water partition coefficient (Wildman–Crippen LogP) is 3.54. The molecule has 0 aliphatic carbocycles. The Morgan fingerprint density at radius 1 is 1.04 bits per heavy atom. The minimum atomic E-state index is -0.816. The Kier molecular flexibility index (Phi) is 5.54. The lowest BCUT2D eigenvalue weighted by atomic mass is 10.2. The normalized spacial score (nSPS) is 10.2. The number of nitrogens with one attached hydrogen (secondary N) is 2. The van der Waals surface area contributed by atoms with Gasteiger partial charge in [0.2, 0.25) is 5.95 Å². The second-order valence-electron chi connectivity index (χ2n) is 5.54. The van der Waals surface area contributed by atoms with Gasteiger partial charge in [-0.1, -0.05) is 0 Å². The number of hydrogen-bond donors (Lipinski definition) is 2. The number of anilines is 3. The first-order chi connectivity index (χ1) is 13.5. The van der Waals surface area contributed by atoms with Crippen LogP contribution < -0.4 is 10.6 Å². The largest absolute Gasteiger partial charge is 0.465 e. The van der Waals surface area contributed by atoms with E-state index in [1.807, 2.05) is 0 Å². The molecule has 3 aromatic rings. The van der Waals surface area contributed by atoms with E-state index in [0.29, 0.717) is 11.3 Å². The predicted molar refractivity (Wildman–Crippen MR) is 97.4 cm³/mol. The Labute approximate surface area is 158 Å². The smallest absolute Gasteiger partial charge is 0.337 e. The summed E-state index contributed by atoms with van der Waals surface area (Å²) in [6.07, 6.45) is 1.33. The maximum atomic E-state index is 13.7. The highest BCUT2D eigenvalue weighted by Gasteiger charge is 2.12. The molecule has 142 valence electrons. The summed E-state index contributed by atoms with van der Waals surface area (Å²) in [5.74, 6) is -2.58. The van der Waals surface area contributed by atoms with Crippen LogP contribution in [-0.4, -0.2) is 29.0 Å². The summed E-state index contributed by atoms with van der Waals surface area (Å²) >= 11 is 0. The van der Waals surface area contributed by atoms with Crippen LogP contribution in [0, 0.1) is 11.6 Å². The Hall–Kier alpha value is -3.88. The zero-order chi connectivity index (χ0) is 20.1. The molecule has 1 amide bonds. The van der Waals surface area contributed by atoms with E-state index in [-0.39, 0.29) is 17.3 Å². The first-order valence-electron chi connectivity index (χ1n) is 8.01. The number of halogens is 2. The van der Waals surface area contributed by atoms with Gasteiger partial charge in [-0.3, -0.25) is 4.79 Å². The van der Waals surface area contributed by atoms with Crippen LogP contribution in [0.4, 0.5) is 26.1 Å². The number of carbonyl (C=O) groups is 2. The number of esters is 1. The molecule has 28 heavy (non-hydrogen) atoms. The highest BCUT2D eigenvalue weighted by Crippen LogP contribution is 2.18. The van der Waals surface area contributed by atoms with Gasteiger partial charge in [-0.25, -0.2) is 23.5 Å². The van der Waals surface area contributed by atoms with Gasteiger partial charge in [0.05, 0.1) is 18.4 Å². The average molecular weight is 384 g/mol. The minimum Gasteiger partial charge on any atom is -0.465 e. The average Bonchev–Trinajstić information content (AvgIpc) is 2.70. The van der Waals surface area contributed by atoms with Gasteiger partial charge in [-0.05, 0) is 42.5 Å². The van der Waals surface area contributed by atoms with Gasteiger partial charge in [0.25, 0.3) is 5.91 Å². The summed E-state index contributed by atoms with van der Waals surface area (Å²) in [5, 5.41) is 5.21. The summed E-state index contributed by atoms with van der Waals surface area (Å²) in [7, 11) is 1.27. The zero-order valence-corrected chi connectivity index (χ0v) is 14.6. The van der Waals surface area contributed by atoms with E-state index in [1.54, 1.807) is 12.1 Å². The molecule has 0 spiro atoms. The molecule has 2 N–H and O–H groups in total. The van der Waals surface area contributed by atoms with Crippen molar-refractivity contribution in [2.75, 3.05) is 17.7 Å². The highest BCUT2D eigenvalue weighted by atomic mass is 19.1. The fourth-order valence-electron chi connectivity index (χ4n) is 2.26. The number of amides is 1. The molecule has 0 fully saturated rings. The van der Waals surface area contributed by atoms with Crippen molar-refractivity contribution in [3.8, 4) is 0 Å². The molecule has 1 aromatic heterocycles. The number of ether oxygens (including phenoxy) is 1. The molecule has 0 atom stereocenters. The van der Waals surface area contributed by atoms with Crippen LogP contribution >= 0.6 is 0 Å². The second kappa shape index (κ2) is 8.21. The van der Waals surface area contributed by atoms with Gasteiger partial charge in [0.15, 0.2) is 0 Å². The third-order valence-corrected chi connectivity index (χ3v) is 3.63. The lowest BCUT2D eigenvalue weighted by molar-refractivity contribution is 0.0600. The molecule has 0 bridgehead atoms. The van der Waals surface area contributed by atoms with Gasteiger partial charge < -0.3 is 15.4 Å². The molecular formula is C19H14F2N4O3. The number of benzene rings is 2. The van der Waals surface area contributed by atoms with Gasteiger partial charge in [0, 0.05) is 18.0 Å². The zero-order valence-electron chi connectivity index (χ0n) is 14.6. The molecule has 2 aromatic carbocycles. The number of nitrogens with zero attached hydrogens (tertiary/aromatic N) is 2. The monoisotopic (exact) mass is 384 g/mol. The number of carbonyl (C=O) groups excluding carboxylic acids is 2. The van der Waals surface area contributed by atoms with Crippen molar-refractivity contribution in [2.24, 2.45) is 0 Å². The van der Waals surface area contributed by atoms with Gasteiger partial charge in [0.1, 0.15) is 17.3 Å². The van der Waals surface area contributed by atoms with Gasteiger partial charge in [-0.2, -0.15) is 0 Å². The summed E-state index contributed by atoms with van der Waals surface area (Å²) < 4.78 is 31.3. The quantitative estimate of drug-likeness (QED) is 0.654. The molecule has 0 saturated carbocycles. The van der Waals surface area contributed by atoms with E-state index in [2.05, 4.69) is 25.3 Å². The highest BCUT2D eigenvalue weighted by molar-refractivity contribution is 6.03. The fourth-order valence-corrected chi connectivity index (χ4v) is 2.26. The number of rotatable bonds is 5. The van der Waals surface area contributed by atoms with Crippen molar-refractivity contribution in [3.63, 3.8) is 0 Å². The maximum absolute atomic E-state index is 13.7. The molecule has 7 nitrogen and oxygen atoms in total. The van der Waals surface area contributed by atoms with Crippen molar-refractivity contribution in [2.45, 2.75) is 0 Å². The van der Waals surface area contributed by atoms with Crippen LogP contribution in [0.5, 0.6) is 0 Å². The Morgan fingerprint density at radius 3 is 2.46 bits per heavy atom. The summed E-state index contributed by atoms with van der Waals surface area (Å²) in [6.45, 7) is 0. The molecule has 9 heteroatoms. The van der Waals surface area contributed by atoms with Crippen LogP contribution in [-0.2, 0) is 4.74 Å². The summed E-state index contributed by atoms with van der Waals surface area (Å²) in [5.41, 5.74) is 0.778. The van der Waals surface area contributed by atoms with Gasteiger partial charge >= 0.3 is 5.97 Å². The third kappa shape index (κ3) is 4.44. The van der Waals surface area contributed by atoms with Crippen LogP contribution in [0.15, 0.2) is 54.7 Å². The van der Waals surface area contributed by atoms with E-state index < -0.39 is 23.5 Å². The van der Waals surface area contributed by atoms with Crippen LogP contribution in [0.25, 0.3) is 0 Å². The van der Waals surface area contributed by atoms with E-state index in [4.69, 9.17) is 0 Å². The fraction of sp³-hybridized carbons (Fsp3) is 0.0526. The van der Waals surface area contributed by atoms with Crippen LogP contribution in [0.3, 0.4) is 0 Å². The standard InChI is InChI=1S/C19H14F2N4O3/c1-28-18(27)11-2-5-13(6-3-11)23-17(26)16-8-9-22-19(25-16)24-15-7-4-12(20)10-14(15)21/h2-10H,1H3,(H,23,26)(H,22,24,25). The SMILES string of the molecule is COC(=O)c1ccc(NC(=O)c2ccnc(Nc3ccc(F)cc3F)n2)cc1. The molecule has 0 radical (unpaired) electrons. The first-order valence-corrected chi connectivity index (χ1v) is 8.01. The topological polar surface area (TPSA) is 93.2 Å². The molecule has 0 unspecified atom stereocenters. The summed E-state index contributed by atoms with van der Waals surface area (Å²) in [6, 6.07) is 10.5. The Bertz CT molecular complexity index is 1030. The molecule has 0 aliphatic rings. The Balaban J connectivity index is 1.72. The van der Waals surface area contributed by atoms with Crippen LogP contribution in [0.2, 0.25) is 0 Å². The van der Waals surface area contributed by atoms with Crippen molar-refractivity contribution in [3.05, 3.63) is 77.6 Å². The van der Waals surface area contributed by atoms with E-state index in [9.17, 15) is 18.4 Å². The van der Waals surface area contributed by atoms with E-state index >= 15 is 0 Å². The van der Waals surface area contributed by atoms with E-state index in [0.717, 1.165) is 12.1 Å². The molecule has 1 heterocycles. The maximum Gasteiger partial charge on any atom is 0.337 e. The minimum absolute atomic E-state index is 0.0251. The Morgan fingerprint density at radius 2 is 1.79 bits per heavy atom. The van der Waals surface area contributed by atoms with Crippen molar-refractivity contribution in [1.29, 1.82) is 0 Å². The lowest BCUT2D eigenvalue weighted by Crippen LogP contribution is -2.15. The first kappa shape index (κ1) is 18.9. The second-order valence-corrected chi connectivity index (χ2v) is 5.54. The van der Waals surface area contributed by atoms with Gasteiger partial charge in [-0.15, -0.1) is 0 Å². The molecular weight excluding hydrogens is 370 g/mol. The van der Waals surface area contributed by atoms with Crippen molar-refractivity contribution >= 4 is 29.2 Å². The van der Waals surface area contributed by atoms with Crippen molar-refractivity contribution < 1.29 is 23.1 Å².